The van der Waals surface area contributed by atoms with Gasteiger partial charge in [0.1, 0.15) is 19.3 Å². The zero-order valence-corrected chi connectivity index (χ0v) is 70.1. The molecule has 0 radical (unpaired) electrons. The minimum absolute atomic E-state index is 0.106. The summed E-state index contributed by atoms with van der Waals surface area (Å²) in [7, 11) is -9.93. The lowest BCUT2D eigenvalue weighted by molar-refractivity contribution is -0.161. The molecule has 5 atom stereocenters. The Morgan fingerprint density at radius 2 is 0.442 bits per heavy atom. The largest absolute Gasteiger partial charge is 0.472 e. The maximum Gasteiger partial charge on any atom is 0.472 e. The normalized spacial score (nSPS) is 13.8. The summed E-state index contributed by atoms with van der Waals surface area (Å²) in [4.78, 5) is 73.1. The van der Waals surface area contributed by atoms with Crippen LogP contribution in [0.4, 0.5) is 0 Å². The molecule has 0 rings (SSSR count). The summed E-state index contributed by atoms with van der Waals surface area (Å²) >= 11 is 0. The fourth-order valence-electron chi connectivity index (χ4n) is 13.2. The van der Waals surface area contributed by atoms with Crippen LogP contribution in [0.3, 0.4) is 0 Å². The van der Waals surface area contributed by atoms with Gasteiger partial charge in [-0.3, -0.25) is 37.3 Å². The number of phosphoric acid groups is 2. The van der Waals surface area contributed by atoms with Crippen LogP contribution >= 0.6 is 15.6 Å². The molecule has 104 heavy (non-hydrogen) atoms. The lowest BCUT2D eigenvalue weighted by Gasteiger charge is -2.21. The van der Waals surface area contributed by atoms with Crippen LogP contribution in [0.15, 0.2) is 0 Å². The van der Waals surface area contributed by atoms with Crippen molar-refractivity contribution < 1.29 is 80.2 Å². The van der Waals surface area contributed by atoms with Gasteiger partial charge in [-0.25, -0.2) is 9.13 Å². The molecule has 0 saturated heterocycles. The summed E-state index contributed by atoms with van der Waals surface area (Å²) in [5.74, 6) is -0.636. The van der Waals surface area contributed by atoms with Crippen LogP contribution < -0.4 is 0 Å². The number of ether oxygens (including phenoxy) is 4. The average molecular weight is 1520 g/mol. The highest BCUT2D eigenvalue weighted by Crippen LogP contribution is 2.45. The lowest BCUT2D eigenvalue weighted by atomic mass is 10.0. The van der Waals surface area contributed by atoms with Gasteiger partial charge in [0.2, 0.25) is 0 Å². The summed E-state index contributed by atoms with van der Waals surface area (Å²) in [5.41, 5.74) is 0. The molecular formula is C85H166O17P2. The van der Waals surface area contributed by atoms with Crippen LogP contribution in [0, 0.1) is 11.8 Å². The number of aliphatic hydroxyl groups excluding tert-OH is 1. The maximum atomic E-state index is 13.1. The Morgan fingerprint density at radius 1 is 0.260 bits per heavy atom. The van der Waals surface area contributed by atoms with Gasteiger partial charge in [-0.15, -0.1) is 0 Å². The third-order valence-corrected chi connectivity index (χ3v) is 21.9. The fourth-order valence-corrected chi connectivity index (χ4v) is 14.8. The standard InChI is InChI=1S/C85H166O17P2/c1-7-9-11-13-15-17-19-21-23-25-27-29-31-33-35-39-43-49-55-61-67-82(87)95-73-80(101-84(89)69-63-57-50-44-40-36-34-32-30-28-26-24-22-20-18-16-14-12-10-8-2)75-99-103(91,92)97-71-79(86)72-98-104(93,94)100-76-81(74-96-83(88)68-62-56-52-46-48-54-60-66-78(5)6)102-85(90)70-64-58-51-45-41-37-38-42-47-53-59-65-77(3)4/h77-81,86H,7-76H2,1-6H3,(H,91,92)(H,93,94)/t79-,80-,81-/m1/s1. The maximum absolute atomic E-state index is 13.1. The van der Waals surface area contributed by atoms with Crippen molar-refractivity contribution in [2.24, 2.45) is 11.8 Å². The van der Waals surface area contributed by atoms with Crippen LogP contribution in [0.2, 0.25) is 0 Å². The summed E-state index contributed by atoms with van der Waals surface area (Å²) in [5, 5.41) is 10.7. The molecule has 2 unspecified atom stereocenters. The number of esters is 4. The molecule has 17 nitrogen and oxygen atoms in total. The second-order valence-corrected chi connectivity index (χ2v) is 34.4. The predicted molar refractivity (Wildman–Crippen MR) is 428 cm³/mol. The van der Waals surface area contributed by atoms with Crippen molar-refractivity contribution in [3.8, 4) is 0 Å². The molecule has 0 spiro atoms. The predicted octanol–water partition coefficient (Wildman–Crippen LogP) is 25.8. The Morgan fingerprint density at radius 3 is 0.654 bits per heavy atom. The highest BCUT2D eigenvalue weighted by molar-refractivity contribution is 7.47. The third-order valence-electron chi connectivity index (χ3n) is 20.0. The van der Waals surface area contributed by atoms with Gasteiger partial charge >= 0.3 is 39.5 Å². The molecule has 618 valence electrons. The van der Waals surface area contributed by atoms with E-state index in [0.717, 1.165) is 102 Å². The SMILES string of the molecule is CCCCCCCCCCCCCCCCCCCCCCC(=O)OC[C@H](COP(=O)(O)OC[C@@H](O)COP(=O)(O)OC[C@@H](COC(=O)CCCCCCCCCC(C)C)OC(=O)CCCCCCCCCCCCCC(C)C)OC(=O)CCCCCCCCCCCCCCCCCCCCCC. The molecule has 0 bridgehead atoms. The average Bonchev–Trinajstić information content (AvgIpc) is 0.906. The van der Waals surface area contributed by atoms with Gasteiger partial charge in [-0.1, -0.05) is 401 Å². The summed E-state index contributed by atoms with van der Waals surface area (Å²) in [6.07, 6.45) is 68.3. The molecule has 0 aromatic carbocycles. The van der Waals surface area contributed by atoms with E-state index in [1.54, 1.807) is 0 Å². The number of aliphatic hydroxyl groups is 1. The first-order valence-corrected chi connectivity index (χ1v) is 47.0. The van der Waals surface area contributed by atoms with Gasteiger partial charge < -0.3 is 33.8 Å². The molecular weight excluding hydrogens is 1350 g/mol. The lowest BCUT2D eigenvalue weighted by Crippen LogP contribution is -2.30. The Kier molecular flexibility index (Phi) is 75.0. The summed E-state index contributed by atoms with van der Waals surface area (Å²) in [6, 6.07) is 0. The Labute approximate surface area is 638 Å². The molecule has 3 N–H and O–H groups in total. The fraction of sp³-hybridized carbons (Fsp3) is 0.953. The Bertz CT molecular complexity index is 1990. The molecule has 0 fully saturated rings. The van der Waals surface area contributed by atoms with E-state index >= 15 is 0 Å². The van der Waals surface area contributed by atoms with Crippen molar-refractivity contribution in [3.05, 3.63) is 0 Å². The van der Waals surface area contributed by atoms with Gasteiger partial charge in [0.25, 0.3) is 0 Å². The Balaban J connectivity index is 5.22. The smallest absolute Gasteiger partial charge is 0.462 e. The summed E-state index contributed by atoms with van der Waals surface area (Å²) < 4.78 is 68.8. The number of rotatable bonds is 84. The van der Waals surface area contributed by atoms with Crippen molar-refractivity contribution >= 4 is 39.5 Å². The number of hydrogen-bond acceptors (Lipinski definition) is 15. The minimum atomic E-state index is -4.97. The van der Waals surface area contributed by atoms with Crippen LogP contribution in [0.5, 0.6) is 0 Å². The van der Waals surface area contributed by atoms with Crippen molar-refractivity contribution in [1.29, 1.82) is 0 Å². The van der Waals surface area contributed by atoms with Crippen molar-refractivity contribution in [3.63, 3.8) is 0 Å². The number of hydrogen-bond donors (Lipinski definition) is 3. The van der Waals surface area contributed by atoms with Crippen LogP contribution in [0.1, 0.15) is 452 Å². The molecule has 0 amide bonds. The second kappa shape index (κ2) is 76.4. The first kappa shape index (κ1) is 102. The van der Waals surface area contributed by atoms with E-state index in [9.17, 15) is 43.2 Å². The van der Waals surface area contributed by atoms with E-state index in [2.05, 4.69) is 41.5 Å². The van der Waals surface area contributed by atoms with Gasteiger partial charge in [-0.2, -0.15) is 0 Å². The zero-order chi connectivity index (χ0) is 76.4. The topological polar surface area (TPSA) is 237 Å². The molecule has 0 aromatic heterocycles. The van der Waals surface area contributed by atoms with Crippen molar-refractivity contribution in [2.75, 3.05) is 39.6 Å². The van der Waals surface area contributed by atoms with Crippen LogP contribution in [-0.4, -0.2) is 96.7 Å². The third kappa shape index (κ3) is 78.2. The monoisotopic (exact) mass is 1520 g/mol. The van der Waals surface area contributed by atoms with E-state index in [0.29, 0.717) is 31.6 Å². The molecule has 19 heteroatoms. The van der Waals surface area contributed by atoms with Crippen molar-refractivity contribution in [2.45, 2.75) is 471 Å². The molecule has 0 heterocycles. The highest BCUT2D eigenvalue weighted by atomic mass is 31.2. The van der Waals surface area contributed by atoms with Crippen LogP contribution in [-0.2, 0) is 65.4 Å². The van der Waals surface area contributed by atoms with Gasteiger partial charge in [0.05, 0.1) is 26.4 Å². The van der Waals surface area contributed by atoms with Gasteiger partial charge in [0, 0.05) is 25.7 Å². The number of carbonyl (C=O) groups is 4. The minimum Gasteiger partial charge on any atom is -0.462 e. The molecule has 0 saturated carbocycles. The molecule has 0 aliphatic rings. The first-order chi connectivity index (χ1) is 50.4. The molecule has 0 aliphatic carbocycles. The van der Waals surface area contributed by atoms with E-state index in [1.807, 2.05) is 0 Å². The van der Waals surface area contributed by atoms with Gasteiger partial charge in [-0.05, 0) is 37.5 Å². The zero-order valence-electron chi connectivity index (χ0n) is 68.3. The number of carbonyl (C=O) groups excluding carboxylic acids is 4. The molecule has 0 aromatic rings. The van der Waals surface area contributed by atoms with E-state index < -0.39 is 97.5 Å². The van der Waals surface area contributed by atoms with Crippen molar-refractivity contribution in [1.82, 2.24) is 0 Å². The second-order valence-electron chi connectivity index (χ2n) is 31.5. The molecule has 0 aliphatic heterocycles. The highest BCUT2D eigenvalue weighted by Gasteiger charge is 2.30. The Hall–Kier alpha value is -1.94. The van der Waals surface area contributed by atoms with Gasteiger partial charge in [0.15, 0.2) is 12.2 Å². The number of phosphoric ester groups is 2. The van der Waals surface area contributed by atoms with Crippen LogP contribution in [0.25, 0.3) is 0 Å². The van der Waals surface area contributed by atoms with E-state index in [1.165, 1.54) is 263 Å². The van der Waals surface area contributed by atoms with E-state index in [-0.39, 0.29) is 25.7 Å². The quantitative estimate of drug-likeness (QED) is 0.0222. The van der Waals surface area contributed by atoms with E-state index in [4.69, 9.17) is 37.0 Å². The number of unbranched alkanes of at least 4 members (excludes halogenated alkanes) is 54. The first-order valence-electron chi connectivity index (χ1n) is 44.0. The summed E-state index contributed by atoms with van der Waals surface area (Å²) in [6.45, 7) is 9.60.